The molecule has 1 atom stereocenters. The Morgan fingerprint density at radius 1 is 1.37 bits per heavy atom. The SMILES string of the molecule is CCN1CCCC(O)(Cc2cc(Br)ccc2F)CC1. The highest BCUT2D eigenvalue weighted by Crippen LogP contribution is 2.28. The van der Waals surface area contributed by atoms with Crippen LogP contribution in [0.25, 0.3) is 0 Å². The number of rotatable bonds is 3. The number of halogens is 2. The van der Waals surface area contributed by atoms with E-state index in [1.165, 1.54) is 6.07 Å². The van der Waals surface area contributed by atoms with Gasteiger partial charge in [0.25, 0.3) is 0 Å². The summed E-state index contributed by atoms with van der Waals surface area (Å²) in [6.07, 6.45) is 2.83. The second-order valence-electron chi connectivity index (χ2n) is 5.42. The van der Waals surface area contributed by atoms with E-state index in [-0.39, 0.29) is 5.82 Å². The van der Waals surface area contributed by atoms with Crippen molar-refractivity contribution in [2.45, 2.75) is 38.2 Å². The molecule has 1 aromatic rings. The fourth-order valence-corrected chi connectivity index (χ4v) is 3.17. The lowest BCUT2D eigenvalue weighted by atomic mass is 9.87. The van der Waals surface area contributed by atoms with E-state index < -0.39 is 5.60 Å². The molecule has 1 unspecified atom stereocenters. The molecule has 106 valence electrons. The molecule has 1 saturated heterocycles. The van der Waals surface area contributed by atoms with Gasteiger partial charge in [-0.1, -0.05) is 22.9 Å². The van der Waals surface area contributed by atoms with Gasteiger partial charge < -0.3 is 10.0 Å². The fourth-order valence-electron chi connectivity index (χ4n) is 2.76. The van der Waals surface area contributed by atoms with Gasteiger partial charge in [0.15, 0.2) is 0 Å². The monoisotopic (exact) mass is 329 g/mol. The summed E-state index contributed by atoms with van der Waals surface area (Å²) in [6.45, 7) is 5.07. The molecule has 0 aromatic heterocycles. The molecule has 19 heavy (non-hydrogen) atoms. The molecule has 1 heterocycles. The Hall–Kier alpha value is -0.450. The number of hydrogen-bond acceptors (Lipinski definition) is 2. The smallest absolute Gasteiger partial charge is 0.126 e. The average Bonchev–Trinajstić information content (AvgIpc) is 2.56. The molecule has 2 nitrogen and oxygen atoms in total. The first kappa shape index (κ1) is 14.9. The van der Waals surface area contributed by atoms with Crippen LogP contribution in [-0.2, 0) is 6.42 Å². The molecule has 0 spiro atoms. The lowest BCUT2D eigenvalue weighted by Crippen LogP contribution is -2.33. The Bertz CT molecular complexity index is 440. The lowest BCUT2D eigenvalue weighted by Gasteiger charge is -2.27. The number of nitrogens with zero attached hydrogens (tertiary/aromatic N) is 1. The maximum Gasteiger partial charge on any atom is 0.126 e. The van der Waals surface area contributed by atoms with Crippen molar-refractivity contribution in [1.29, 1.82) is 0 Å². The summed E-state index contributed by atoms with van der Waals surface area (Å²) in [5.74, 6) is -0.229. The van der Waals surface area contributed by atoms with Crippen LogP contribution < -0.4 is 0 Å². The van der Waals surface area contributed by atoms with Gasteiger partial charge in [-0.05, 0) is 56.1 Å². The van der Waals surface area contributed by atoms with Crippen LogP contribution in [0.3, 0.4) is 0 Å². The van der Waals surface area contributed by atoms with Gasteiger partial charge in [0, 0.05) is 17.4 Å². The van der Waals surface area contributed by atoms with Crippen LogP contribution in [0.2, 0.25) is 0 Å². The highest BCUT2D eigenvalue weighted by molar-refractivity contribution is 9.10. The number of hydrogen-bond donors (Lipinski definition) is 1. The van der Waals surface area contributed by atoms with Gasteiger partial charge >= 0.3 is 0 Å². The minimum Gasteiger partial charge on any atom is -0.389 e. The zero-order valence-corrected chi connectivity index (χ0v) is 12.9. The molecule has 2 rings (SSSR count). The molecule has 4 heteroatoms. The quantitative estimate of drug-likeness (QED) is 0.919. The van der Waals surface area contributed by atoms with Crippen LogP contribution in [0.15, 0.2) is 22.7 Å². The van der Waals surface area contributed by atoms with Crippen LogP contribution in [0.1, 0.15) is 31.7 Å². The highest BCUT2D eigenvalue weighted by atomic mass is 79.9. The van der Waals surface area contributed by atoms with E-state index in [1.54, 1.807) is 12.1 Å². The Kier molecular flexibility index (Phi) is 4.98. The van der Waals surface area contributed by atoms with Crippen LogP contribution in [-0.4, -0.2) is 35.2 Å². The average molecular weight is 330 g/mol. The second-order valence-corrected chi connectivity index (χ2v) is 6.34. The lowest BCUT2D eigenvalue weighted by molar-refractivity contribution is 0.0250. The first-order chi connectivity index (χ1) is 9.02. The Labute approximate surface area is 122 Å². The van der Waals surface area contributed by atoms with Gasteiger partial charge in [0.2, 0.25) is 0 Å². The van der Waals surface area contributed by atoms with Crippen molar-refractivity contribution >= 4 is 15.9 Å². The van der Waals surface area contributed by atoms with Crippen molar-refractivity contribution < 1.29 is 9.50 Å². The molecule has 0 amide bonds. The predicted molar refractivity (Wildman–Crippen MR) is 78.7 cm³/mol. The molecule has 1 fully saturated rings. The molecular weight excluding hydrogens is 309 g/mol. The van der Waals surface area contributed by atoms with Crippen molar-refractivity contribution in [2.75, 3.05) is 19.6 Å². The second kappa shape index (κ2) is 6.33. The van der Waals surface area contributed by atoms with E-state index >= 15 is 0 Å². The zero-order chi connectivity index (χ0) is 13.9. The molecule has 0 radical (unpaired) electrons. The normalized spacial score (nSPS) is 25.3. The molecule has 1 N–H and O–H groups in total. The van der Waals surface area contributed by atoms with Gasteiger partial charge in [-0.25, -0.2) is 4.39 Å². The van der Waals surface area contributed by atoms with Crippen molar-refractivity contribution in [3.8, 4) is 0 Å². The summed E-state index contributed by atoms with van der Waals surface area (Å²) in [7, 11) is 0. The maximum atomic E-state index is 13.8. The Morgan fingerprint density at radius 2 is 2.16 bits per heavy atom. The summed E-state index contributed by atoms with van der Waals surface area (Å²) in [4.78, 5) is 2.34. The summed E-state index contributed by atoms with van der Waals surface area (Å²) in [6, 6.07) is 4.92. The van der Waals surface area contributed by atoms with E-state index in [1.807, 2.05) is 0 Å². The minimum absolute atomic E-state index is 0.229. The predicted octanol–water partition coefficient (Wildman–Crippen LogP) is 3.37. The van der Waals surface area contributed by atoms with Crippen molar-refractivity contribution in [3.63, 3.8) is 0 Å². The summed E-state index contributed by atoms with van der Waals surface area (Å²) in [5, 5.41) is 10.7. The fraction of sp³-hybridized carbons (Fsp3) is 0.600. The van der Waals surface area contributed by atoms with E-state index in [0.29, 0.717) is 18.4 Å². The summed E-state index contributed by atoms with van der Waals surface area (Å²) in [5.41, 5.74) is -0.173. The number of likely N-dealkylation sites (tertiary alicyclic amines) is 1. The van der Waals surface area contributed by atoms with Gasteiger partial charge in [-0.15, -0.1) is 0 Å². The van der Waals surface area contributed by atoms with E-state index in [2.05, 4.69) is 27.8 Å². The molecule has 0 saturated carbocycles. The largest absolute Gasteiger partial charge is 0.389 e. The molecule has 1 aliphatic rings. The van der Waals surface area contributed by atoms with Crippen molar-refractivity contribution in [1.82, 2.24) is 4.90 Å². The van der Waals surface area contributed by atoms with Gasteiger partial charge in [0.1, 0.15) is 5.82 Å². The van der Waals surface area contributed by atoms with Gasteiger partial charge in [-0.3, -0.25) is 0 Å². The summed E-state index contributed by atoms with van der Waals surface area (Å²) < 4.78 is 14.7. The third kappa shape index (κ3) is 4.01. The van der Waals surface area contributed by atoms with Crippen molar-refractivity contribution in [3.05, 3.63) is 34.1 Å². The van der Waals surface area contributed by atoms with Gasteiger partial charge in [-0.2, -0.15) is 0 Å². The molecular formula is C15H21BrFNO. The van der Waals surface area contributed by atoms with Crippen LogP contribution in [0.5, 0.6) is 0 Å². The molecule has 1 aromatic carbocycles. The Morgan fingerprint density at radius 3 is 2.89 bits per heavy atom. The topological polar surface area (TPSA) is 23.5 Å². The summed E-state index contributed by atoms with van der Waals surface area (Å²) >= 11 is 3.36. The molecule has 0 bridgehead atoms. The Balaban J connectivity index is 2.10. The van der Waals surface area contributed by atoms with E-state index in [4.69, 9.17) is 0 Å². The first-order valence-corrected chi connectivity index (χ1v) is 7.70. The van der Waals surface area contributed by atoms with Crippen molar-refractivity contribution in [2.24, 2.45) is 0 Å². The third-order valence-corrected chi connectivity index (χ3v) is 4.48. The number of benzene rings is 1. The minimum atomic E-state index is -0.772. The number of aliphatic hydroxyl groups is 1. The first-order valence-electron chi connectivity index (χ1n) is 6.91. The molecule has 1 aliphatic heterocycles. The maximum absolute atomic E-state index is 13.8. The van der Waals surface area contributed by atoms with Crippen LogP contribution >= 0.6 is 15.9 Å². The standard InChI is InChI=1S/C15H21BrFNO/c1-2-18-8-3-6-15(19,7-9-18)11-12-10-13(16)4-5-14(12)17/h4-5,10,19H,2-3,6-9,11H2,1H3. The van der Waals surface area contributed by atoms with Crippen LogP contribution in [0, 0.1) is 5.82 Å². The third-order valence-electron chi connectivity index (χ3n) is 3.98. The zero-order valence-electron chi connectivity index (χ0n) is 11.3. The van der Waals surface area contributed by atoms with E-state index in [0.717, 1.165) is 36.9 Å². The highest BCUT2D eigenvalue weighted by Gasteiger charge is 2.30. The van der Waals surface area contributed by atoms with E-state index in [9.17, 15) is 9.50 Å². The van der Waals surface area contributed by atoms with Gasteiger partial charge in [0.05, 0.1) is 5.60 Å². The van der Waals surface area contributed by atoms with Crippen LogP contribution in [0.4, 0.5) is 4.39 Å². The molecule has 0 aliphatic carbocycles.